The molecule has 0 radical (unpaired) electrons. The van der Waals surface area contributed by atoms with Gasteiger partial charge in [0.15, 0.2) is 0 Å². The van der Waals surface area contributed by atoms with Gasteiger partial charge < -0.3 is 15.2 Å². The first-order chi connectivity index (χ1) is 10.9. The van der Waals surface area contributed by atoms with Gasteiger partial charge in [-0.3, -0.25) is 9.69 Å². The summed E-state index contributed by atoms with van der Waals surface area (Å²) in [6.45, 7) is 3.71. The van der Waals surface area contributed by atoms with E-state index in [0.29, 0.717) is 5.75 Å². The third kappa shape index (κ3) is 3.17. The SMILES string of the molecule is Cc1ccc(OCC(O)CN2C(=O)NC(C)(C3CC3)C2=O)cc1. The maximum atomic E-state index is 12.5. The number of hydrogen-bond acceptors (Lipinski definition) is 4. The van der Waals surface area contributed by atoms with Crippen molar-refractivity contribution in [3.8, 4) is 5.75 Å². The molecule has 1 aliphatic carbocycles. The maximum absolute atomic E-state index is 12.5. The molecule has 1 saturated heterocycles. The van der Waals surface area contributed by atoms with Crippen LogP contribution in [-0.4, -0.2) is 46.7 Å². The number of rotatable bonds is 6. The fourth-order valence-electron chi connectivity index (χ4n) is 2.91. The van der Waals surface area contributed by atoms with E-state index in [9.17, 15) is 14.7 Å². The number of amides is 3. The predicted octanol–water partition coefficient (Wildman–Crippen LogP) is 1.46. The second-order valence-corrected chi connectivity index (χ2v) is 6.60. The second-order valence-electron chi connectivity index (χ2n) is 6.60. The van der Waals surface area contributed by atoms with E-state index < -0.39 is 17.7 Å². The molecule has 0 spiro atoms. The zero-order valence-electron chi connectivity index (χ0n) is 13.4. The normalized spacial score (nSPS) is 25.4. The van der Waals surface area contributed by atoms with Gasteiger partial charge in [-0.1, -0.05) is 17.7 Å². The van der Waals surface area contributed by atoms with Gasteiger partial charge >= 0.3 is 6.03 Å². The number of imide groups is 1. The van der Waals surface area contributed by atoms with Gasteiger partial charge in [0.05, 0.1) is 6.54 Å². The highest BCUT2D eigenvalue weighted by molar-refractivity contribution is 6.07. The van der Waals surface area contributed by atoms with E-state index >= 15 is 0 Å². The van der Waals surface area contributed by atoms with Gasteiger partial charge in [0.2, 0.25) is 0 Å². The Kier molecular flexibility index (Phi) is 4.02. The number of β-amino-alcohol motifs (C(OH)–C–C–N with tert-alkyl or cyclic N) is 1. The number of nitrogens with one attached hydrogen (secondary N) is 1. The van der Waals surface area contributed by atoms with Crippen molar-refractivity contribution >= 4 is 11.9 Å². The van der Waals surface area contributed by atoms with Crippen molar-refractivity contribution in [2.75, 3.05) is 13.2 Å². The molecule has 1 heterocycles. The van der Waals surface area contributed by atoms with E-state index in [2.05, 4.69) is 5.32 Å². The number of carbonyl (C=O) groups is 2. The molecule has 2 fully saturated rings. The van der Waals surface area contributed by atoms with E-state index in [1.165, 1.54) is 0 Å². The topological polar surface area (TPSA) is 78.9 Å². The van der Waals surface area contributed by atoms with Crippen LogP contribution < -0.4 is 10.1 Å². The Bertz CT molecular complexity index is 612. The average molecular weight is 318 g/mol. The number of hydrogen-bond donors (Lipinski definition) is 2. The van der Waals surface area contributed by atoms with Gasteiger partial charge in [-0.2, -0.15) is 0 Å². The van der Waals surface area contributed by atoms with Crippen molar-refractivity contribution < 1.29 is 19.4 Å². The van der Waals surface area contributed by atoms with Crippen molar-refractivity contribution in [1.29, 1.82) is 0 Å². The predicted molar refractivity (Wildman–Crippen MR) is 84.1 cm³/mol. The zero-order valence-corrected chi connectivity index (χ0v) is 13.4. The fraction of sp³-hybridized carbons (Fsp3) is 0.529. The van der Waals surface area contributed by atoms with E-state index in [1.54, 1.807) is 6.92 Å². The number of benzene rings is 1. The Balaban J connectivity index is 1.55. The lowest BCUT2D eigenvalue weighted by molar-refractivity contribution is -0.132. The first kappa shape index (κ1) is 15.8. The van der Waals surface area contributed by atoms with Gasteiger partial charge in [-0.25, -0.2) is 4.79 Å². The monoisotopic (exact) mass is 318 g/mol. The van der Waals surface area contributed by atoms with Crippen molar-refractivity contribution in [3.05, 3.63) is 29.8 Å². The lowest BCUT2D eigenvalue weighted by atomic mass is 9.96. The van der Waals surface area contributed by atoms with E-state index in [4.69, 9.17) is 4.74 Å². The molecule has 1 aliphatic heterocycles. The maximum Gasteiger partial charge on any atom is 0.325 e. The van der Waals surface area contributed by atoms with Gasteiger partial charge in [-0.15, -0.1) is 0 Å². The van der Waals surface area contributed by atoms with Crippen molar-refractivity contribution in [2.45, 2.75) is 38.3 Å². The largest absolute Gasteiger partial charge is 0.491 e. The molecule has 2 atom stereocenters. The minimum absolute atomic E-state index is 0.0280. The van der Waals surface area contributed by atoms with Crippen molar-refractivity contribution in [2.24, 2.45) is 5.92 Å². The summed E-state index contributed by atoms with van der Waals surface area (Å²) < 4.78 is 5.50. The molecule has 0 bridgehead atoms. The Morgan fingerprint density at radius 3 is 2.61 bits per heavy atom. The molecule has 2 N–H and O–H groups in total. The summed E-state index contributed by atoms with van der Waals surface area (Å²) in [5.74, 6) is 0.610. The molecule has 1 saturated carbocycles. The zero-order chi connectivity index (χ0) is 16.6. The summed E-state index contributed by atoms with van der Waals surface area (Å²) in [5.41, 5.74) is 0.311. The number of urea groups is 1. The number of ether oxygens (including phenoxy) is 1. The van der Waals surface area contributed by atoms with Gasteiger partial charge in [-0.05, 0) is 44.7 Å². The summed E-state index contributed by atoms with van der Waals surface area (Å²) in [7, 11) is 0. The van der Waals surface area contributed by atoms with Crippen LogP contribution in [0.25, 0.3) is 0 Å². The molecule has 3 rings (SSSR count). The first-order valence-electron chi connectivity index (χ1n) is 7.92. The van der Waals surface area contributed by atoms with Crippen LogP contribution in [0.5, 0.6) is 5.75 Å². The first-order valence-corrected chi connectivity index (χ1v) is 7.92. The molecule has 0 aromatic heterocycles. The molecule has 124 valence electrons. The number of aliphatic hydroxyl groups is 1. The smallest absolute Gasteiger partial charge is 0.325 e. The molecule has 1 aromatic carbocycles. The molecule has 2 unspecified atom stereocenters. The highest BCUT2D eigenvalue weighted by Gasteiger charge is 2.56. The van der Waals surface area contributed by atoms with Crippen LogP contribution in [-0.2, 0) is 4.79 Å². The summed E-state index contributed by atoms with van der Waals surface area (Å²) in [6, 6.07) is 7.04. The molecule has 3 amide bonds. The Morgan fingerprint density at radius 2 is 2.00 bits per heavy atom. The number of aliphatic hydroxyl groups excluding tert-OH is 1. The number of carbonyl (C=O) groups excluding carboxylic acids is 2. The van der Waals surface area contributed by atoms with Gasteiger partial charge in [0.25, 0.3) is 5.91 Å². The molecule has 6 nitrogen and oxygen atoms in total. The molecular weight excluding hydrogens is 296 g/mol. The van der Waals surface area contributed by atoms with Crippen LogP contribution >= 0.6 is 0 Å². The minimum atomic E-state index is -0.924. The molecule has 1 aromatic rings. The Hall–Kier alpha value is -2.08. The van der Waals surface area contributed by atoms with E-state index in [0.717, 1.165) is 23.3 Å². The van der Waals surface area contributed by atoms with Gasteiger partial charge in [0, 0.05) is 0 Å². The fourth-order valence-corrected chi connectivity index (χ4v) is 2.91. The van der Waals surface area contributed by atoms with Crippen molar-refractivity contribution in [1.82, 2.24) is 10.2 Å². The molecule has 2 aliphatic rings. The minimum Gasteiger partial charge on any atom is -0.491 e. The summed E-state index contributed by atoms with van der Waals surface area (Å²) in [4.78, 5) is 25.6. The third-order valence-electron chi connectivity index (χ3n) is 4.55. The molecule has 23 heavy (non-hydrogen) atoms. The Morgan fingerprint density at radius 1 is 1.35 bits per heavy atom. The Labute approximate surface area is 135 Å². The molecule has 6 heteroatoms. The van der Waals surface area contributed by atoms with Crippen LogP contribution in [0.1, 0.15) is 25.3 Å². The van der Waals surface area contributed by atoms with E-state index in [-0.39, 0.29) is 25.0 Å². The number of nitrogens with zero attached hydrogens (tertiary/aromatic N) is 1. The van der Waals surface area contributed by atoms with Gasteiger partial charge in [0.1, 0.15) is 24.0 Å². The lowest BCUT2D eigenvalue weighted by Gasteiger charge is -2.22. The van der Waals surface area contributed by atoms with Crippen LogP contribution in [0, 0.1) is 12.8 Å². The lowest BCUT2D eigenvalue weighted by Crippen LogP contribution is -2.46. The van der Waals surface area contributed by atoms with Crippen LogP contribution in [0.4, 0.5) is 4.79 Å². The quantitative estimate of drug-likeness (QED) is 0.778. The summed E-state index contributed by atoms with van der Waals surface area (Å²) in [5, 5.41) is 12.8. The number of aryl methyl sites for hydroxylation is 1. The van der Waals surface area contributed by atoms with Crippen LogP contribution in [0.2, 0.25) is 0 Å². The standard InChI is InChI=1S/C17H22N2O4/c1-11-3-7-14(8-4-11)23-10-13(20)9-19-15(21)17(2,12-5-6-12)18-16(19)22/h3-4,7-8,12-13,20H,5-6,9-10H2,1-2H3,(H,18,22). The highest BCUT2D eigenvalue weighted by Crippen LogP contribution is 2.42. The highest BCUT2D eigenvalue weighted by atomic mass is 16.5. The average Bonchev–Trinajstić information content (AvgIpc) is 3.33. The molecular formula is C17H22N2O4. The van der Waals surface area contributed by atoms with Crippen LogP contribution in [0.3, 0.4) is 0 Å². The van der Waals surface area contributed by atoms with Crippen LogP contribution in [0.15, 0.2) is 24.3 Å². The summed E-state index contributed by atoms with van der Waals surface area (Å²) in [6.07, 6.45) is 0.984. The summed E-state index contributed by atoms with van der Waals surface area (Å²) >= 11 is 0. The third-order valence-corrected chi connectivity index (χ3v) is 4.55. The van der Waals surface area contributed by atoms with E-state index in [1.807, 2.05) is 31.2 Å². The van der Waals surface area contributed by atoms with Crippen molar-refractivity contribution in [3.63, 3.8) is 0 Å². The second kappa shape index (κ2) is 5.85.